The molecule has 2 nitrogen and oxygen atoms in total. The van der Waals surface area contributed by atoms with Gasteiger partial charge in [-0.15, -0.1) is 11.8 Å². The Hall–Kier alpha value is -0.510. The van der Waals surface area contributed by atoms with Crippen molar-refractivity contribution in [2.24, 2.45) is 11.7 Å². The molecule has 0 aromatic heterocycles. The van der Waals surface area contributed by atoms with Gasteiger partial charge in [-0.2, -0.15) is 0 Å². The molecule has 1 aromatic carbocycles. The Balaban J connectivity index is 2.09. The average Bonchev–Trinajstić information content (AvgIpc) is 2.34. The Morgan fingerprint density at radius 3 is 2.47 bits per heavy atom. The number of hydrogen-bond acceptors (Lipinski definition) is 3. The molecular formula is C14H23NOS. The van der Waals surface area contributed by atoms with Crippen LogP contribution in [0.4, 0.5) is 0 Å². The second-order valence-corrected chi connectivity index (χ2v) is 5.66. The van der Waals surface area contributed by atoms with E-state index in [-0.39, 0.29) is 0 Å². The standard InChI is InChI=1S/C14H23NOS/c1-12(2)7-8-16-9-10-17-14-5-3-13(11-15)4-6-14/h3-6,12H,7-11,15H2,1-2H3. The normalized spacial score (nSPS) is 11.1. The van der Waals surface area contributed by atoms with Crippen LogP contribution in [0.25, 0.3) is 0 Å². The van der Waals surface area contributed by atoms with E-state index in [9.17, 15) is 0 Å². The molecule has 0 aliphatic rings. The quantitative estimate of drug-likeness (QED) is 0.570. The van der Waals surface area contributed by atoms with E-state index >= 15 is 0 Å². The Kier molecular flexibility index (Phi) is 7.33. The second-order valence-electron chi connectivity index (χ2n) is 4.49. The number of benzene rings is 1. The smallest absolute Gasteiger partial charge is 0.0560 e. The third-order valence-electron chi connectivity index (χ3n) is 2.49. The molecule has 0 atom stereocenters. The molecule has 0 saturated carbocycles. The van der Waals surface area contributed by atoms with Gasteiger partial charge in [-0.3, -0.25) is 0 Å². The van der Waals surface area contributed by atoms with Gasteiger partial charge in [0.05, 0.1) is 6.61 Å². The van der Waals surface area contributed by atoms with Gasteiger partial charge in [-0.05, 0) is 30.0 Å². The molecule has 0 spiro atoms. The van der Waals surface area contributed by atoms with Gasteiger partial charge in [0.15, 0.2) is 0 Å². The molecule has 0 fully saturated rings. The van der Waals surface area contributed by atoms with Crippen LogP contribution in [-0.4, -0.2) is 19.0 Å². The summed E-state index contributed by atoms with van der Waals surface area (Å²) < 4.78 is 5.57. The summed E-state index contributed by atoms with van der Waals surface area (Å²) in [5.74, 6) is 1.74. The van der Waals surface area contributed by atoms with Crippen LogP contribution in [0.2, 0.25) is 0 Å². The maximum Gasteiger partial charge on any atom is 0.0560 e. The molecule has 0 bridgehead atoms. The van der Waals surface area contributed by atoms with E-state index in [1.54, 1.807) is 0 Å². The number of hydrogen-bond donors (Lipinski definition) is 1. The van der Waals surface area contributed by atoms with E-state index in [1.807, 2.05) is 11.8 Å². The molecule has 3 heteroatoms. The molecule has 0 aliphatic carbocycles. The van der Waals surface area contributed by atoms with Gasteiger partial charge in [0.25, 0.3) is 0 Å². The minimum atomic E-state index is 0.614. The number of nitrogens with two attached hydrogens (primary N) is 1. The summed E-state index contributed by atoms with van der Waals surface area (Å²) in [6.45, 7) is 6.76. The lowest BCUT2D eigenvalue weighted by atomic mass is 10.1. The van der Waals surface area contributed by atoms with Crippen LogP contribution in [0.3, 0.4) is 0 Å². The molecule has 0 heterocycles. The molecule has 2 N–H and O–H groups in total. The molecule has 0 unspecified atom stereocenters. The van der Waals surface area contributed by atoms with E-state index < -0.39 is 0 Å². The molecule has 1 rings (SSSR count). The van der Waals surface area contributed by atoms with Crippen molar-refractivity contribution in [3.8, 4) is 0 Å². The van der Waals surface area contributed by atoms with Gasteiger partial charge >= 0.3 is 0 Å². The summed E-state index contributed by atoms with van der Waals surface area (Å²) in [4.78, 5) is 1.29. The number of rotatable bonds is 8. The van der Waals surface area contributed by atoms with Gasteiger partial charge < -0.3 is 10.5 Å². The lowest BCUT2D eigenvalue weighted by Gasteiger charge is -2.06. The second kappa shape index (κ2) is 8.56. The van der Waals surface area contributed by atoms with E-state index in [0.29, 0.717) is 6.54 Å². The first-order valence-electron chi connectivity index (χ1n) is 6.22. The third kappa shape index (κ3) is 6.71. The molecular weight excluding hydrogens is 230 g/mol. The minimum absolute atomic E-state index is 0.614. The average molecular weight is 253 g/mol. The van der Waals surface area contributed by atoms with E-state index in [1.165, 1.54) is 10.5 Å². The van der Waals surface area contributed by atoms with E-state index in [0.717, 1.165) is 31.3 Å². The molecule has 96 valence electrons. The van der Waals surface area contributed by atoms with Crippen molar-refractivity contribution in [3.05, 3.63) is 29.8 Å². The lowest BCUT2D eigenvalue weighted by Crippen LogP contribution is -2.02. The summed E-state index contributed by atoms with van der Waals surface area (Å²) in [6.07, 6.45) is 1.15. The monoisotopic (exact) mass is 253 g/mol. The predicted molar refractivity (Wildman–Crippen MR) is 75.3 cm³/mol. The highest BCUT2D eigenvalue weighted by molar-refractivity contribution is 7.99. The Morgan fingerprint density at radius 1 is 1.18 bits per heavy atom. The lowest BCUT2D eigenvalue weighted by molar-refractivity contribution is 0.138. The third-order valence-corrected chi connectivity index (χ3v) is 3.47. The fraction of sp³-hybridized carbons (Fsp3) is 0.571. The van der Waals surface area contributed by atoms with Crippen LogP contribution in [0, 0.1) is 5.92 Å². The van der Waals surface area contributed by atoms with Gasteiger partial charge in [0, 0.05) is 23.8 Å². The SMILES string of the molecule is CC(C)CCOCCSc1ccc(CN)cc1. The van der Waals surface area contributed by atoms with Crippen molar-refractivity contribution in [2.45, 2.75) is 31.7 Å². The fourth-order valence-corrected chi connectivity index (χ4v) is 2.13. The molecule has 0 saturated heterocycles. The number of thioether (sulfide) groups is 1. The van der Waals surface area contributed by atoms with Crippen molar-refractivity contribution in [2.75, 3.05) is 19.0 Å². The maximum absolute atomic E-state index is 5.57. The molecule has 0 amide bonds. The van der Waals surface area contributed by atoms with Crippen molar-refractivity contribution >= 4 is 11.8 Å². The molecule has 0 aliphatic heterocycles. The van der Waals surface area contributed by atoms with Gasteiger partial charge in [0.1, 0.15) is 0 Å². The van der Waals surface area contributed by atoms with Crippen LogP contribution < -0.4 is 5.73 Å². The van der Waals surface area contributed by atoms with Crippen molar-refractivity contribution in [3.63, 3.8) is 0 Å². The fourth-order valence-electron chi connectivity index (χ4n) is 1.36. The van der Waals surface area contributed by atoms with Crippen LogP contribution >= 0.6 is 11.8 Å². The van der Waals surface area contributed by atoms with Crippen LogP contribution in [0.5, 0.6) is 0 Å². The van der Waals surface area contributed by atoms with E-state index in [4.69, 9.17) is 10.5 Å². The van der Waals surface area contributed by atoms with Gasteiger partial charge in [-0.1, -0.05) is 26.0 Å². The van der Waals surface area contributed by atoms with Gasteiger partial charge in [-0.25, -0.2) is 0 Å². The minimum Gasteiger partial charge on any atom is -0.381 e. The molecule has 17 heavy (non-hydrogen) atoms. The zero-order chi connectivity index (χ0) is 12.5. The topological polar surface area (TPSA) is 35.2 Å². The Morgan fingerprint density at radius 2 is 1.88 bits per heavy atom. The maximum atomic E-state index is 5.57. The highest BCUT2D eigenvalue weighted by Crippen LogP contribution is 2.18. The highest BCUT2D eigenvalue weighted by Gasteiger charge is 1.96. The summed E-state index contributed by atoms with van der Waals surface area (Å²) in [5, 5.41) is 0. The summed E-state index contributed by atoms with van der Waals surface area (Å²) >= 11 is 1.83. The van der Waals surface area contributed by atoms with Crippen molar-refractivity contribution in [1.29, 1.82) is 0 Å². The zero-order valence-corrected chi connectivity index (χ0v) is 11.6. The van der Waals surface area contributed by atoms with Crippen LogP contribution in [0.15, 0.2) is 29.2 Å². The predicted octanol–water partition coefficient (Wildman–Crippen LogP) is 3.30. The van der Waals surface area contributed by atoms with Crippen molar-refractivity contribution in [1.82, 2.24) is 0 Å². The first kappa shape index (κ1) is 14.6. The van der Waals surface area contributed by atoms with E-state index in [2.05, 4.69) is 38.1 Å². The van der Waals surface area contributed by atoms with Gasteiger partial charge in [0.2, 0.25) is 0 Å². The summed E-state index contributed by atoms with van der Waals surface area (Å²) in [7, 11) is 0. The highest BCUT2D eigenvalue weighted by atomic mass is 32.2. The van der Waals surface area contributed by atoms with Crippen LogP contribution in [-0.2, 0) is 11.3 Å². The molecule has 0 radical (unpaired) electrons. The summed E-state index contributed by atoms with van der Waals surface area (Å²) in [6, 6.07) is 8.42. The summed E-state index contributed by atoms with van der Waals surface area (Å²) in [5.41, 5.74) is 6.74. The van der Waals surface area contributed by atoms with Crippen LogP contribution in [0.1, 0.15) is 25.8 Å². The first-order chi connectivity index (χ1) is 8.22. The Labute approximate surface area is 109 Å². The van der Waals surface area contributed by atoms with Crippen molar-refractivity contribution < 1.29 is 4.74 Å². The zero-order valence-electron chi connectivity index (χ0n) is 10.8. The first-order valence-corrected chi connectivity index (χ1v) is 7.20. The molecule has 1 aromatic rings. The largest absolute Gasteiger partial charge is 0.381 e. The number of ether oxygens (including phenoxy) is 1. The Bertz CT molecular complexity index is 298.